The van der Waals surface area contributed by atoms with E-state index in [1.165, 1.54) is 19.1 Å². The molecule has 0 aromatic heterocycles. The zero-order valence-corrected chi connectivity index (χ0v) is 10.0. The van der Waals surface area contributed by atoms with Gasteiger partial charge in [0.15, 0.2) is 5.75 Å². The van der Waals surface area contributed by atoms with Crippen LogP contribution >= 0.6 is 0 Å². The number of hydrogen-bond donors (Lipinski definition) is 1. The number of rotatable bonds is 5. The molecule has 0 saturated carbocycles. The number of hydrogen-bond acceptors (Lipinski definition) is 5. The van der Waals surface area contributed by atoms with Crippen molar-refractivity contribution < 1.29 is 28.2 Å². The first kappa shape index (κ1) is 14.9. The van der Waals surface area contributed by atoms with Crippen molar-refractivity contribution in [3.63, 3.8) is 0 Å². The highest BCUT2D eigenvalue weighted by atomic mass is 19.3. The standard InChI is InChI=1S/C12H11F2NO4/c1-2-18-11(17)9-8(6-16)4-3-7(5-15)10(9)19-12(13)14/h3-4,12,16H,2,6H2,1H3. The number of ether oxygens (including phenoxy) is 2. The van der Waals surface area contributed by atoms with Gasteiger partial charge in [-0.3, -0.25) is 0 Å². The number of nitriles is 1. The minimum atomic E-state index is -3.20. The fraction of sp³-hybridized carbons (Fsp3) is 0.333. The summed E-state index contributed by atoms with van der Waals surface area (Å²) in [5.74, 6) is -1.51. The minimum absolute atomic E-state index is 0.0224. The van der Waals surface area contributed by atoms with E-state index in [9.17, 15) is 13.6 Å². The van der Waals surface area contributed by atoms with Crippen molar-refractivity contribution in [1.29, 1.82) is 5.26 Å². The second-order valence-corrected chi connectivity index (χ2v) is 3.35. The van der Waals surface area contributed by atoms with Crippen LogP contribution < -0.4 is 4.74 Å². The van der Waals surface area contributed by atoms with Gasteiger partial charge < -0.3 is 14.6 Å². The molecule has 0 fully saturated rings. The van der Waals surface area contributed by atoms with Gasteiger partial charge in [-0.05, 0) is 18.6 Å². The molecule has 0 aliphatic heterocycles. The van der Waals surface area contributed by atoms with Gasteiger partial charge in [0.05, 0.1) is 18.8 Å². The lowest BCUT2D eigenvalue weighted by Crippen LogP contribution is -2.14. The van der Waals surface area contributed by atoms with Gasteiger partial charge in [-0.25, -0.2) is 4.79 Å². The molecule has 0 aliphatic carbocycles. The number of esters is 1. The van der Waals surface area contributed by atoms with Crippen LogP contribution in [0.5, 0.6) is 5.75 Å². The maximum atomic E-state index is 12.4. The molecule has 1 aromatic carbocycles. The Hall–Kier alpha value is -2.20. The van der Waals surface area contributed by atoms with Gasteiger partial charge >= 0.3 is 12.6 Å². The van der Waals surface area contributed by atoms with Crippen molar-refractivity contribution in [3.05, 3.63) is 28.8 Å². The van der Waals surface area contributed by atoms with Crippen LogP contribution in [0, 0.1) is 11.3 Å². The third-order valence-corrected chi connectivity index (χ3v) is 2.22. The SMILES string of the molecule is CCOC(=O)c1c(CO)ccc(C#N)c1OC(F)F. The molecule has 102 valence electrons. The summed E-state index contributed by atoms with van der Waals surface area (Å²) in [5, 5.41) is 18.0. The largest absolute Gasteiger partial charge is 0.462 e. The fourth-order valence-electron chi connectivity index (χ4n) is 1.48. The molecule has 5 nitrogen and oxygen atoms in total. The molecule has 0 radical (unpaired) electrons. The van der Waals surface area contributed by atoms with Crippen molar-refractivity contribution in [1.82, 2.24) is 0 Å². The topological polar surface area (TPSA) is 79.5 Å². The highest BCUT2D eigenvalue weighted by Gasteiger charge is 2.24. The number of nitrogens with zero attached hydrogens (tertiary/aromatic N) is 1. The summed E-state index contributed by atoms with van der Waals surface area (Å²) in [6.07, 6.45) is 0. The molecule has 1 N–H and O–H groups in total. The molecule has 0 saturated heterocycles. The highest BCUT2D eigenvalue weighted by Crippen LogP contribution is 2.29. The summed E-state index contributed by atoms with van der Waals surface area (Å²) < 4.78 is 33.6. The monoisotopic (exact) mass is 271 g/mol. The Labute approximate surface area is 108 Å². The van der Waals surface area contributed by atoms with E-state index in [1.54, 1.807) is 6.07 Å². The van der Waals surface area contributed by atoms with Crippen molar-refractivity contribution in [2.75, 3.05) is 6.61 Å². The second-order valence-electron chi connectivity index (χ2n) is 3.35. The van der Waals surface area contributed by atoms with Crippen LogP contribution in [-0.4, -0.2) is 24.3 Å². The molecule has 19 heavy (non-hydrogen) atoms. The predicted octanol–water partition coefficient (Wildman–Crippen LogP) is 1.83. The zero-order valence-electron chi connectivity index (χ0n) is 10.0. The normalized spacial score (nSPS) is 10.1. The number of carbonyl (C=O) groups is 1. The Morgan fingerprint density at radius 2 is 2.21 bits per heavy atom. The van der Waals surface area contributed by atoms with Crippen molar-refractivity contribution in [2.24, 2.45) is 0 Å². The van der Waals surface area contributed by atoms with Gasteiger partial charge in [0.1, 0.15) is 11.6 Å². The Morgan fingerprint density at radius 3 is 2.68 bits per heavy atom. The second kappa shape index (κ2) is 6.66. The maximum absolute atomic E-state index is 12.4. The Morgan fingerprint density at radius 1 is 1.53 bits per heavy atom. The lowest BCUT2D eigenvalue weighted by molar-refractivity contribution is -0.0507. The minimum Gasteiger partial charge on any atom is -0.462 e. The van der Waals surface area contributed by atoms with E-state index in [0.29, 0.717) is 0 Å². The summed E-state index contributed by atoms with van der Waals surface area (Å²) >= 11 is 0. The third kappa shape index (κ3) is 3.39. The van der Waals surface area contributed by atoms with E-state index in [0.717, 1.165) is 0 Å². The summed E-state index contributed by atoms with van der Waals surface area (Å²) in [7, 11) is 0. The maximum Gasteiger partial charge on any atom is 0.387 e. The molecule has 7 heteroatoms. The van der Waals surface area contributed by atoms with Crippen LogP contribution in [0.25, 0.3) is 0 Å². The van der Waals surface area contributed by atoms with Crippen molar-refractivity contribution in [3.8, 4) is 11.8 Å². The molecule has 0 atom stereocenters. The molecule has 0 bridgehead atoms. The molecule has 0 spiro atoms. The van der Waals surface area contributed by atoms with Gasteiger partial charge in [0, 0.05) is 0 Å². The van der Waals surface area contributed by atoms with E-state index < -0.39 is 24.9 Å². The number of alkyl halides is 2. The van der Waals surface area contributed by atoms with Crippen LogP contribution in [0.15, 0.2) is 12.1 Å². The molecular weight excluding hydrogens is 260 g/mol. The quantitative estimate of drug-likeness (QED) is 0.826. The molecule has 0 aliphatic rings. The molecule has 0 heterocycles. The number of aliphatic hydroxyl groups excluding tert-OH is 1. The van der Waals surface area contributed by atoms with E-state index >= 15 is 0 Å². The first-order valence-corrected chi connectivity index (χ1v) is 5.33. The van der Waals surface area contributed by atoms with Crippen LogP contribution in [-0.2, 0) is 11.3 Å². The first-order valence-electron chi connectivity index (χ1n) is 5.33. The Balaban J connectivity index is 3.43. The smallest absolute Gasteiger partial charge is 0.387 e. The van der Waals surface area contributed by atoms with Crippen LogP contribution in [0.1, 0.15) is 28.4 Å². The van der Waals surface area contributed by atoms with Gasteiger partial charge in [-0.15, -0.1) is 0 Å². The number of halogens is 2. The Kier molecular flexibility index (Phi) is 5.21. The summed E-state index contributed by atoms with van der Waals surface area (Å²) in [4.78, 5) is 11.7. The zero-order chi connectivity index (χ0) is 14.4. The summed E-state index contributed by atoms with van der Waals surface area (Å²) in [6.45, 7) is -2.21. The third-order valence-electron chi connectivity index (χ3n) is 2.22. The fourth-order valence-corrected chi connectivity index (χ4v) is 1.48. The highest BCUT2D eigenvalue weighted by molar-refractivity contribution is 5.95. The van der Waals surface area contributed by atoms with E-state index in [2.05, 4.69) is 4.74 Å². The lowest BCUT2D eigenvalue weighted by Gasteiger charge is -2.14. The molecule has 0 unspecified atom stereocenters. The van der Waals surface area contributed by atoms with Gasteiger partial charge in [-0.2, -0.15) is 14.0 Å². The number of carbonyl (C=O) groups excluding carboxylic acids is 1. The molecular formula is C12H11F2NO4. The molecule has 1 aromatic rings. The average molecular weight is 271 g/mol. The van der Waals surface area contributed by atoms with Crippen LogP contribution in [0.2, 0.25) is 0 Å². The van der Waals surface area contributed by atoms with Crippen LogP contribution in [0.3, 0.4) is 0 Å². The summed E-state index contributed by atoms with van der Waals surface area (Å²) in [5.41, 5.74) is -0.544. The van der Waals surface area contributed by atoms with Gasteiger partial charge in [0.2, 0.25) is 0 Å². The molecule has 0 amide bonds. The van der Waals surface area contributed by atoms with Gasteiger partial charge in [-0.1, -0.05) is 6.07 Å². The number of benzene rings is 1. The van der Waals surface area contributed by atoms with E-state index in [1.807, 2.05) is 0 Å². The molecule has 1 rings (SSSR count). The van der Waals surface area contributed by atoms with E-state index in [4.69, 9.17) is 15.1 Å². The Bertz CT molecular complexity index is 511. The summed E-state index contributed by atoms with van der Waals surface area (Å²) in [6, 6.07) is 4.11. The predicted molar refractivity (Wildman–Crippen MR) is 59.7 cm³/mol. The van der Waals surface area contributed by atoms with E-state index in [-0.39, 0.29) is 23.3 Å². The number of aliphatic hydroxyl groups is 1. The first-order chi connectivity index (χ1) is 9.04. The average Bonchev–Trinajstić information content (AvgIpc) is 2.37. The lowest BCUT2D eigenvalue weighted by atomic mass is 10.0. The van der Waals surface area contributed by atoms with Crippen LogP contribution in [0.4, 0.5) is 8.78 Å². The van der Waals surface area contributed by atoms with Crippen molar-refractivity contribution in [2.45, 2.75) is 20.1 Å². The van der Waals surface area contributed by atoms with Crippen molar-refractivity contribution >= 4 is 5.97 Å². The van der Waals surface area contributed by atoms with Gasteiger partial charge in [0.25, 0.3) is 0 Å².